The molecule has 0 unspecified atom stereocenters. The molecule has 0 aliphatic carbocycles. The van der Waals surface area contributed by atoms with E-state index in [1.54, 1.807) is 6.92 Å². The molecule has 0 rings (SSSR count). The number of aliphatic hydroxyl groups excluding tert-OH is 1. The van der Waals surface area contributed by atoms with Crippen LogP contribution in [0.5, 0.6) is 0 Å². The fourth-order valence-corrected chi connectivity index (χ4v) is 1.75. The zero-order valence-electron chi connectivity index (χ0n) is 13.9. The maximum Gasteiger partial charge on any atom is 0.365 e. The Morgan fingerprint density at radius 2 is 1.43 bits per heavy atom. The van der Waals surface area contributed by atoms with E-state index in [-0.39, 0.29) is 0 Å². The van der Waals surface area contributed by atoms with E-state index in [1.165, 1.54) is 57.8 Å². The van der Waals surface area contributed by atoms with Crippen LogP contribution in [0.1, 0.15) is 78.1 Å². The van der Waals surface area contributed by atoms with Gasteiger partial charge in [0.2, 0.25) is 0 Å². The van der Waals surface area contributed by atoms with Gasteiger partial charge in [-0.2, -0.15) is 4.89 Å². The summed E-state index contributed by atoms with van der Waals surface area (Å²) in [5, 5.41) is 8.57. The van der Waals surface area contributed by atoms with Crippen LogP contribution < -0.4 is 0 Å². The van der Waals surface area contributed by atoms with Crippen molar-refractivity contribution in [2.24, 2.45) is 0 Å². The Kier molecular flexibility index (Phi) is 22.9. The first-order chi connectivity index (χ1) is 10.2. The summed E-state index contributed by atoms with van der Waals surface area (Å²) < 4.78 is 0. The van der Waals surface area contributed by atoms with Crippen molar-refractivity contribution in [3.8, 4) is 0 Å². The number of hydrogen-bond acceptors (Lipinski definition) is 4. The number of unbranched alkanes of at least 4 members (excludes halogenated alkanes) is 9. The van der Waals surface area contributed by atoms with Gasteiger partial charge in [-0.25, -0.2) is 4.79 Å². The van der Waals surface area contributed by atoms with E-state index in [4.69, 9.17) is 5.11 Å². The van der Waals surface area contributed by atoms with Crippen molar-refractivity contribution in [1.29, 1.82) is 0 Å². The van der Waals surface area contributed by atoms with Gasteiger partial charge in [0, 0.05) is 12.7 Å². The topological polar surface area (TPSA) is 55.8 Å². The minimum Gasteiger partial charge on any atom is -0.396 e. The van der Waals surface area contributed by atoms with Crippen LogP contribution in [0.25, 0.3) is 0 Å². The summed E-state index contributed by atoms with van der Waals surface area (Å²) >= 11 is 0. The molecule has 21 heavy (non-hydrogen) atoms. The number of carbonyl (C=O) groups excluding carboxylic acids is 1. The molecule has 0 saturated carbocycles. The van der Waals surface area contributed by atoms with Crippen molar-refractivity contribution in [2.45, 2.75) is 78.1 Å². The highest BCUT2D eigenvalue weighted by atomic mass is 17.2. The molecule has 4 heteroatoms. The summed E-state index contributed by atoms with van der Waals surface area (Å²) in [4.78, 5) is 18.5. The molecular formula is C17H34O4. The monoisotopic (exact) mass is 302 g/mol. The lowest BCUT2D eigenvalue weighted by molar-refractivity contribution is -0.264. The Labute approximate surface area is 130 Å². The van der Waals surface area contributed by atoms with Gasteiger partial charge >= 0.3 is 5.97 Å². The van der Waals surface area contributed by atoms with E-state index >= 15 is 0 Å². The first-order valence-electron chi connectivity index (χ1n) is 8.29. The molecule has 0 spiro atoms. The van der Waals surface area contributed by atoms with E-state index in [1.807, 2.05) is 0 Å². The Balaban J connectivity index is 0. The van der Waals surface area contributed by atoms with Gasteiger partial charge < -0.3 is 5.11 Å². The van der Waals surface area contributed by atoms with Crippen LogP contribution >= 0.6 is 0 Å². The first kappa shape index (κ1) is 22.4. The Morgan fingerprint density at radius 3 is 1.81 bits per heavy atom. The molecular weight excluding hydrogens is 268 g/mol. The highest BCUT2D eigenvalue weighted by molar-refractivity contribution is 5.80. The average molecular weight is 302 g/mol. The van der Waals surface area contributed by atoms with E-state index in [2.05, 4.69) is 23.3 Å². The fraction of sp³-hybridized carbons (Fsp3) is 0.824. The number of aliphatic hydroxyl groups is 1. The predicted molar refractivity (Wildman–Crippen MR) is 86.8 cm³/mol. The Hall–Kier alpha value is -0.870. The predicted octanol–water partition coefficient (Wildman–Crippen LogP) is 4.57. The van der Waals surface area contributed by atoms with Gasteiger partial charge in [-0.3, -0.25) is 4.89 Å². The summed E-state index contributed by atoms with van der Waals surface area (Å²) in [5.74, 6) is -0.563. The quantitative estimate of drug-likeness (QED) is 0.234. The van der Waals surface area contributed by atoms with Crippen molar-refractivity contribution in [1.82, 2.24) is 0 Å². The summed E-state index contributed by atoms with van der Waals surface area (Å²) in [6, 6.07) is 0. The molecule has 4 nitrogen and oxygen atoms in total. The highest BCUT2D eigenvalue weighted by Gasteiger charge is 1.92. The molecule has 0 radical (unpaired) electrons. The van der Waals surface area contributed by atoms with Crippen LogP contribution in [0.4, 0.5) is 0 Å². The molecule has 0 atom stereocenters. The SMILES string of the molecule is C=CC(=O)OOCC.CCCCCCCCCCCCO. The Morgan fingerprint density at radius 1 is 0.952 bits per heavy atom. The minimum absolute atomic E-state index is 0.361. The largest absolute Gasteiger partial charge is 0.396 e. The van der Waals surface area contributed by atoms with Crippen molar-refractivity contribution in [2.75, 3.05) is 13.2 Å². The number of carbonyl (C=O) groups is 1. The van der Waals surface area contributed by atoms with Crippen LogP contribution in [0.3, 0.4) is 0 Å². The van der Waals surface area contributed by atoms with Gasteiger partial charge in [-0.05, 0) is 13.3 Å². The van der Waals surface area contributed by atoms with E-state index in [9.17, 15) is 4.79 Å². The molecule has 0 aliphatic rings. The molecule has 0 aromatic rings. The second-order valence-electron chi connectivity index (χ2n) is 4.92. The van der Waals surface area contributed by atoms with Crippen LogP contribution in [-0.4, -0.2) is 24.3 Å². The smallest absolute Gasteiger partial charge is 0.365 e. The second kappa shape index (κ2) is 21.4. The average Bonchev–Trinajstić information content (AvgIpc) is 2.51. The molecule has 0 heterocycles. The molecule has 0 amide bonds. The standard InChI is InChI=1S/C12H26O.C5H8O3/c1-2-3-4-5-6-7-8-9-10-11-12-13;1-3-5(6)8-7-4-2/h13H,2-12H2,1H3;3H,1,4H2,2H3. The molecule has 1 N–H and O–H groups in total. The van der Waals surface area contributed by atoms with Crippen molar-refractivity contribution in [3.05, 3.63) is 12.7 Å². The van der Waals surface area contributed by atoms with Crippen LogP contribution in [0.2, 0.25) is 0 Å². The lowest BCUT2D eigenvalue weighted by Gasteiger charge is -2.00. The summed E-state index contributed by atoms with van der Waals surface area (Å²) in [7, 11) is 0. The van der Waals surface area contributed by atoms with E-state index < -0.39 is 5.97 Å². The summed E-state index contributed by atoms with van der Waals surface area (Å²) in [6.07, 6.45) is 14.3. The summed E-state index contributed by atoms with van der Waals surface area (Å²) in [5.41, 5.74) is 0. The van der Waals surface area contributed by atoms with Crippen LogP contribution in [0.15, 0.2) is 12.7 Å². The normalized spacial score (nSPS) is 9.67. The van der Waals surface area contributed by atoms with Crippen LogP contribution in [-0.2, 0) is 14.6 Å². The highest BCUT2D eigenvalue weighted by Crippen LogP contribution is 2.09. The zero-order valence-corrected chi connectivity index (χ0v) is 13.9. The molecule has 0 aromatic heterocycles. The molecule has 0 bridgehead atoms. The minimum atomic E-state index is -0.563. The molecule has 0 aromatic carbocycles. The number of hydrogen-bond donors (Lipinski definition) is 1. The maximum atomic E-state index is 10.1. The van der Waals surface area contributed by atoms with Crippen molar-refractivity contribution < 1.29 is 19.7 Å². The molecule has 0 aliphatic heterocycles. The third-order valence-corrected chi connectivity index (χ3v) is 2.94. The van der Waals surface area contributed by atoms with Gasteiger partial charge in [0.05, 0.1) is 6.61 Å². The lowest BCUT2D eigenvalue weighted by atomic mass is 10.1. The van der Waals surface area contributed by atoms with Crippen LogP contribution in [0, 0.1) is 0 Å². The van der Waals surface area contributed by atoms with E-state index in [0.717, 1.165) is 12.5 Å². The van der Waals surface area contributed by atoms with Gasteiger partial charge in [0.1, 0.15) is 0 Å². The van der Waals surface area contributed by atoms with Gasteiger partial charge in [0.15, 0.2) is 0 Å². The van der Waals surface area contributed by atoms with Gasteiger partial charge in [-0.15, -0.1) is 0 Å². The maximum absolute atomic E-state index is 10.1. The second-order valence-corrected chi connectivity index (χ2v) is 4.92. The van der Waals surface area contributed by atoms with Gasteiger partial charge in [-0.1, -0.05) is 71.3 Å². The fourth-order valence-electron chi connectivity index (χ4n) is 1.75. The van der Waals surface area contributed by atoms with Gasteiger partial charge in [0.25, 0.3) is 0 Å². The Bertz CT molecular complexity index is 207. The zero-order chi connectivity index (χ0) is 16.2. The molecule has 0 fully saturated rings. The molecule has 0 saturated heterocycles. The molecule has 126 valence electrons. The summed E-state index contributed by atoms with van der Waals surface area (Å²) in [6.45, 7) is 7.87. The third-order valence-electron chi connectivity index (χ3n) is 2.94. The first-order valence-corrected chi connectivity index (χ1v) is 8.29. The van der Waals surface area contributed by atoms with Crippen molar-refractivity contribution in [3.63, 3.8) is 0 Å². The number of rotatable bonds is 13. The van der Waals surface area contributed by atoms with Crippen molar-refractivity contribution >= 4 is 5.97 Å². The van der Waals surface area contributed by atoms with E-state index in [0.29, 0.717) is 13.2 Å². The third kappa shape index (κ3) is 24.5. The lowest BCUT2D eigenvalue weighted by Crippen LogP contribution is -2.00.